The number of aromatic nitrogens is 4. The summed E-state index contributed by atoms with van der Waals surface area (Å²) in [6, 6.07) is 32.2. The zero-order valence-corrected chi connectivity index (χ0v) is 23.5. The second-order valence-electron chi connectivity index (χ2n) is 11.8. The first-order valence-corrected chi connectivity index (χ1v) is 14.0. The van der Waals surface area contributed by atoms with Crippen molar-refractivity contribution in [2.75, 3.05) is 0 Å². The molecule has 0 unspecified atom stereocenters. The van der Waals surface area contributed by atoms with E-state index in [2.05, 4.69) is 128 Å². The largest absolute Gasteiger partial charge is 0.498 e. The van der Waals surface area contributed by atoms with Gasteiger partial charge in [-0.1, -0.05) is 54.6 Å². The van der Waals surface area contributed by atoms with Gasteiger partial charge < -0.3 is 13.9 Å². The average molecular weight is 536 g/mol. The van der Waals surface area contributed by atoms with Crippen molar-refractivity contribution in [3.05, 3.63) is 103 Å². The van der Waals surface area contributed by atoms with E-state index in [9.17, 15) is 0 Å². The standard InChI is InChI=1S/C34H29BN4O2/c1-33(2)34(3,4)41-35(40-33)22-20-36-32(37-21-22)39-29-17-11-9-15-25(29)27-18-26-24-14-8-10-16-28(24)38(30(26)19-31(27)39)23-12-6-5-7-13-23/h5-21H,1-4H3. The molecule has 0 aliphatic carbocycles. The van der Waals surface area contributed by atoms with Crippen molar-refractivity contribution in [1.82, 2.24) is 19.1 Å². The molecular weight excluding hydrogens is 507 g/mol. The number of benzene rings is 4. The van der Waals surface area contributed by atoms with Crippen molar-refractivity contribution in [2.45, 2.75) is 38.9 Å². The number of hydrogen-bond acceptors (Lipinski definition) is 4. The fraction of sp³-hybridized carbons (Fsp3) is 0.176. The van der Waals surface area contributed by atoms with Gasteiger partial charge in [0.25, 0.3) is 0 Å². The minimum absolute atomic E-state index is 0.425. The molecule has 1 saturated heterocycles. The first-order valence-electron chi connectivity index (χ1n) is 14.0. The Balaban J connectivity index is 1.36. The first kappa shape index (κ1) is 24.4. The van der Waals surface area contributed by atoms with Crippen molar-refractivity contribution in [3.8, 4) is 11.6 Å². The highest BCUT2D eigenvalue weighted by atomic mass is 16.7. The van der Waals surface area contributed by atoms with Gasteiger partial charge in [0.1, 0.15) is 0 Å². The zero-order chi connectivity index (χ0) is 27.9. The second-order valence-corrected chi connectivity index (χ2v) is 11.8. The Bertz CT molecular complexity index is 2090. The minimum atomic E-state index is -0.506. The predicted octanol–water partition coefficient (Wildman–Crippen LogP) is 6.97. The molecular formula is C34H29BN4O2. The molecule has 0 amide bonds. The lowest BCUT2D eigenvalue weighted by atomic mass is 9.81. The lowest BCUT2D eigenvalue weighted by Gasteiger charge is -2.32. The van der Waals surface area contributed by atoms with E-state index in [1.165, 1.54) is 27.1 Å². The van der Waals surface area contributed by atoms with E-state index in [0.29, 0.717) is 5.95 Å². The Hall–Kier alpha value is -4.46. The van der Waals surface area contributed by atoms with Crippen LogP contribution < -0.4 is 5.46 Å². The quantitative estimate of drug-likeness (QED) is 0.229. The molecule has 8 rings (SSSR count). The van der Waals surface area contributed by atoms with E-state index in [1.807, 2.05) is 12.4 Å². The van der Waals surface area contributed by atoms with Gasteiger partial charge in [-0.3, -0.25) is 4.57 Å². The van der Waals surface area contributed by atoms with Gasteiger partial charge in [0, 0.05) is 45.1 Å². The maximum Gasteiger partial charge on any atom is 0.498 e. The summed E-state index contributed by atoms with van der Waals surface area (Å²) in [4.78, 5) is 9.70. The van der Waals surface area contributed by atoms with Gasteiger partial charge in [0.15, 0.2) is 0 Å². The molecule has 0 radical (unpaired) electrons. The van der Waals surface area contributed by atoms with Gasteiger partial charge >= 0.3 is 7.12 Å². The monoisotopic (exact) mass is 536 g/mol. The molecule has 0 atom stereocenters. The highest BCUT2D eigenvalue weighted by Gasteiger charge is 2.52. The van der Waals surface area contributed by atoms with Crippen molar-refractivity contribution in [3.63, 3.8) is 0 Å². The SMILES string of the molecule is CC1(C)OB(c2cnc(-n3c4ccccc4c4cc5c6ccccc6n(-c6ccccc6)c5cc43)nc2)OC1(C)C. The molecule has 0 saturated carbocycles. The third-order valence-electron chi connectivity index (χ3n) is 8.86. The van der Waals surface area contributed by atoms with Crippen molar-refractivity contribution in [1.29, 1.82) is 0 Å². The number of hydrogen-bond donors (Lipinski definition) is 0. The molecule has 4 heterocycles. The topological polar surface area (TPSA) is 54.1 Å². The van der Waals surface area contributed by atoms with Crippen LogP contribution >= 0.6 is 0 Å². The molecule has 6 nitrogen and oxygen atoms in total. The fourth-order valence-corrected chi connectivity index (χ4v) is 6.05. The van der Waals surface area contributed by atoms with Crippen molar-refractivity contribution in [2.24, 2.45) is 0 Å². The van der Waals surface area contributed by atoms with Crippen LogP contribution in [-0.4, -0.2) is 37.4 Å². The van der Waals surface area contributed by atoms with Crippen LogP contribution in [-0.2, 0) is 9.31 Å². The summed E-state index contributed by atoms with van der Waals surface area (Å²) < 4.78 is 17.0. The highest BCUT2D eigenvalue weighted by Crippen LogP contribution is 2.39. The number of para-hydroxylation sites is 3. The molecule has 0 spiro atoms. The maximum atomic E-state index is 6.24. The summed E-state index contributed by atoms with van der Waals surface area (Å²) in [5, 5.41) is 4.78. The van der Waals surface area contributed by atoms with Gasteiger partial charge in [-0.2, -0.15) is 0 Å². The summed E-state index contributed by atoms with van der Waals surface area (Å²) in [6.45, 7) is 8.21. The van der Waals surface area contributed by atoms with E-state index in [4.69, 9.17) is 19.3 Å². The van der Waals surface area contributed by atoms with Crippen LogP contribution in [0.3, 0.4) is 0 Å². The van der Waals surface area contributed by atoms with Crippen LogP contribution in [0, 0.1) is 0 Å². The second kappa shape index (κ2) is 8.52. The van der Waals surface area contributed by atoms with Crippen molar-refractivity contribution >= 4 is 56.2 Å². The molecule has 7 heteroatoms. The molecule has 3 aromatic heterocycles. The Morgan fingerprint density at radius 1 is 0.561 bits per heavy atom. The van der Waals surface area contributed by atoms with Crippen LogP contribution in [0.2, 0.25) is 0 Å². The van der Waals surface area contributed by atoms with Crippen LogP contribution in [0.25, 0.3) is 55.2 Å². The van der Waals surface area contributed by atoms with Gasteiger partial charge in [-0.15, -0.1) is 0 Å². The smallest absolute Gasteiger partial charge is 0.399 e. The lowest BCUT2D eigenvalue weighted by Crippen LogP contribution is -2.41. The van der Waals surface area contributed by atoms with E-state index >= 15 is 0 Å². The third-order valence-corrected chi connectivity index (χ3v) is 8.86. The fourth-order valence-electron chi connectivity index (χ4n) is 6.05. The Labute approximate surface area is 238 Å². The number of fused-ring (bicyclic) bond motifs is 6. The van der Waals surface area contributed by atoms with Gasteiger partial charge in [-0.05, 0) is 64.1 Å². The van der Waals surface area contributed by atoms with E-state index < -0.39 is 18.3 Å². The molecule has 1 aliphatic heterocycles. The van der Waals surface area contributed by atoms with E-state index in [0.717, 1.165) is 27.7 Å². The van der Waals surface area contributed by atoms with Crippen molar-refractivity contribution < 1.29 is 9.31 Å². The van der Waals surface area contributed by atoms with E-state index in [-0.39, 0.29) is 0 Å². The highest BCUT2D eigenvalue weighted by molar-refractivity contribution is 6.61. The van der Waals surface area contributed by atoms with Gasteiger partial charge in [-0.25, -0.2) is 9.97 Å². The maximum absolute atomic E-state index is 6.24. The summed E-state index contributed by atoms with van der Waals surface area (Å²) in [5.74, 6) is 0.609. The van der Waals surface area contributed by atoms with Crippen LogP contribution in [0.15, 0.2) is 103 Å². The predicted molar refractivity (Wildman–Crippen MR) is 166 cm³/mol. The summed E-state index contributed by atoms with van der Waals surface area (Å²) >= 11 is 0. The summed E-state index contributed by atoms with van der Waals surface area (Å²) in [7, 11) is -0.506. The molecule has 1 aliphatic rings. The van der Waals surface area contributed by atoms with Crippen LogP contribution in [0.5, 0.6) is 0 Å². The summed E-state index contributed by atoms with van der Waals surface area (Å²) in [5.41, 5.74) is 5.53. The van der Waals surface area contributed by atoms with Gasteiger partial charge in [0.05, 0.1) is 33.3 Å². The third kappa shape index (κ3) is 3.52. The molecule has 4 aromatic carbocycles. The normalized spacial score (nSPS) is 16.4. The lowest BCUT2D eigenvalue weighted by molar-refractivity contribution is 0.00578. The minimum Gasteiger partial charge on any atom is -0.399 e. The molecule has 0 N–H and O–H groups in total. The number of nitrogens with zero attached hydrogens (tertiary/aromatic N) is 4. The first-order chi connectivity index (χ1) is 19.8. The van der Waals surface area contributed by atoms with Crippen LogP contribution in [0.1, 0.15) is 27.7 Å². The average Bonchev–Trinajstić information content (AvgIpc) is 3.56. The molecule has 7 aromatic rings. The Morgan fingerprint density at radius 2 is 1.07 bits per heavy atom. The molecule has 1 fully saturated rings. The Kier molecular flexibility index (Phi) is 5.06. The molecule has 0 bridgehead atoms. The summed E-state index contributed by atoms with van der Waals surface area (Å²) in [6.07, 6.45) is 3.65. The Morgan fingerprint density at radius 3 is 1.68 bits per heavy atom. The van der Waals surface area contributed by atoms with Crippen LogP contribution in [0.4, 0.5) is 0 Å². The molecule has 41 heavy (non-hydrogen) atoms. The van der Waals surface area contributed by atoms with Gasteiger partial charge in [0.2, 0.25) is 5.95 Å². The molecule has 200 valence electrons. The van der Waals surface area contributed by atoms with E-state index in [1.54, 1.807) is 0 Å². The number of rotatable bonds is 3. The zero-order valence-electron chi connectivity index (χ0n) is 23.5.